The van der Waals surface area contributed by atoms with Gasteiger partial charge in [-0.05, 0) is 37.5 Å². The molecule has 1 saturated heterocycles. The lowest BCUT2D eigenvalue weighted by Crippen LogP contribution is -2.58. The fourth-order valence-corrected chi connectivity index (χ4v) is 5.04. The number of fused-ring (bicyclic) bond motifs is 1. The van der Waals surface area contributed by atoms with E-state index in [-0.39, 0.29) is 42.5 Å². The van der Waals surface area contributed by atoms with E-state index in [0.29, 0.717) is 0 Å². The van der Waals surface area contributed by atoms with Crippen LogP contribution in [0.4, 0.5) is 5.69 Å². The third kappa shape index (κ3) is 3.15. The first kappa shape index (κ1) is 19.4. The number of carbonyl (C=O) groups is 3. The lowest BCUT2D eigenvalue weighted by molar-refractivity contribution is -0.142. The molecule has 3 amide bonds. The van der Waals surface area contributed by atoms with Crippen molar-refractivity contribution in [3.05, 3.63) is 65.7 Å². The van der Waals surface area contributed by atoms with Gasteiger partial charge in [0.25, 0.3) is 0 Å². The third-order valence-electron chi connectivity index (χ3n) is 6.24. The molecule has 29 heavy (non-hydrogen) atoms. The molecular weight excluding hydrogens is 364 g/mol. The molecule has 0 unspecified atom stereocenters. The van der Waals surface area contributed by atoms with Crippen molar-refractivity contribution in [1.29, 1.82) is 0 Å². The fourth-order valence-electron chi connectivity index (χ4n) is 5.04. The lowest BCUT2D eigenvalue weighted by Gasteiger charge is -2.51. The first-order valence-electron chi connectivity index (χ1n) is 10.1. The molecule has 0 bridgehead atoms. The molecule has 2 heterocycles. The molecule has 2 aliphatic rings. The predicted molar refractivity (Wildman–Crippen MR) is 111 cm³/mol. The highest BCUT2D eigenvalue weighted by Gasteiger charge is 2.48. The van der Waals surface area contributed by atoms with Gasteiger partial charge in [0.2, 0.25) is 17.7 Å². The van der Waals surface area contributed by atoms with Gasteiger partial charge in [0, 0.05) is 29.5 Å². The number of amides is 3. The maximum Gasteiger partial charge on any atom is 0.247 e. The zero-order chi connectivity index (χ0) is 20.8. The van der Waals surface area contributed by atoms with Gasteiger partial charge in [-0.15, -0.1) is 0 Å². The van der Waals surface area contributed by atoms with E-state index in [1.807, 2.05) is 36.4 Å². The van der Waals surface area contributed by atoms with Gasteiger partial charge in [-0.3, -0.25) is 19.3 Å². The summed E-state index contributed by atoms with van der Waals surface area (Å²) in [5.74, 6) is -0.748. The molecule has 0 N–H and O–H groups in total. The smallest absolute Gasteiger partial charge is 0.247 e. The van der Waals surface area contributed by atoms with Crippen molar-refractivity contribution in [2.75, 3.05) is 11.4 Å². The van der Waals surface area contributed by atoms with Crippen LogP contribution in [-0.2, 0) is 19.8 Å². The Hall–Kier alpha value is -2.95. The number of hydrogen-bond donors (Lipinski definition) is 0. The Labute approximate surface area is 171 Å². The second-order valence-electron chi connectivity index (χ2n) is 8.81. The van der Waals surface area contributed by atoms with Crippen LogP contribution in [0.5, 0.6) is 0 Å². The molecule has 1 fully saturated rings. The normalized spacial score (nSPS) is 23.3. The average molecular weight is 390 g/mol. The molecule has 2 aromatic rings. The molecular formula is C24H26N2O3. The summed E-state index contributed by atoms with van der Waals surface area (Å²) < 4.78 is 0. The van der Waals surface area contributed by atoms with Gasteiger partial charge in [-0.1, -0.05) is 55.5 Å². The van der Waals surface area contributed by atoms with Crippen LogP contribution < -0.4 is 4.90 Å². The van der Waals surface area contributed by atoms with Crippen molar-refractivity contribution in [3.8, 4) is 0 Å². The first-order chi connectivity index (χ1) is 13.7. The molecule has 150 valence electrons. The molecule has 0 aliphatic carbocycles. The number of nitrogens with zero attached hydrogens (tertiary/aromatic N) is 2. The summed E-state index contributed by atoms with van der Waals surface area (Å²) >= 11 is 0. The van der Waals surface area contributed by atoms with E-state index in [2.05, 4.69) is 39.0 Å². The van der Waals surface area contributed by atoms with Crippen LogP contribution in [0.25, 0.3) is 0 Å². The zero-order valence-corrected chi connectivity index (χ0v) is 17.1. The minimum atomic E-state index is -0.484. The summed E-state index contributed by atoms with van der Waals surface area (Å²) in [7, 11) is 0. The highest BCUT2D eigenvalue weighted by Crippen LogP contribution is 2.50. The Bertz CT molecular complexity index is 967. The summed E-state index contributed by atoms with van der Waals surface area (Å²) in [6.45, 7) is 6.13. The van der Waals surface area contributed by atoms with Crippen LogP contribution in [0.1, 0.15) is 51.2 Å². The molecule has 0 aromatic heterocycles. The fraction of sp³-hybridized carbons (Fsp3) is 0.375. The van der Waals surface area contributed by atoms with E-state index >= 15 is 0 Å². The Balaban J connectivity index is 1.77. The highest BCUT2D eigenvalue weighted by molar-refractivity contribution is 6.07. The number of hydrogen-bond acceptors (Lipinski definition) is 3. The van der Waals surface area contributed by atoms with Crippen LogP contribution >= 0.6 is 0 Å². The maximum absolute atomic E-state index is 13.4. The summed E-state index contributed by atoms with van der Waals surface area (Å²) in [5.41, 5.74) is 2.40. The van der Waals surface area contributed by atoms with Gasteiger partial charge in [0.15, 0.2) is 0 Å². The zero-order valence-electron chi connectivity index (χ0n) is 17.1. The van der Waals surface area contributed by atoms with E-state index in [1.165, 1.54) is 5.56 Å². The Morgan fingerprint density at radius 2 is 1.48 bits per heavy atom. The molecule has 0 spiro atoms. The van der Waals surface area contributed by atoms with E-state index in [4.69, 9.17) is 0 Å². The van der Waals surface area contributed by atoms with Crippen LogP contribution in [0, 0.1) is 0 Å². The average Bonchev–Trinajstić information content (AvgIpc) is 3.00. The minimum absolute atomic E-state index is 0.193. The molecule has 0 saturated carbocycles. The van der Waals surface area contributed by atoms with Gasteiger partial charge in [0.05, 0.1) is 0 Å². The number of benzene rings is 2. The van der Waals surface area contributed by atoms with Crippen molar-refractivity contribution < 1.29 is 14.4 Å². The Morgan fingerprint density at radius 3 is 2.14 bits per heavy atom. The monoisotopic (exact) mass is 390 g/mol. The summed E-state index contributed by atoms with van der Waals surface area (Å²) in [4.78, 5) is 40.3. The second kappa shape index (κ2) is 6.83. The van der Waals surface area contributed by atoms with E-state index in [9.17, 15) is 14.4 Å². The number of para-hydroxylation sites is 1. The highest BCUT2D eigenvalue weighted by atomic mass is 16.2. The molecule has 0 radical (unpaired) electrons. The van der Waals surface area contributed by atoms with Crippen molar-refractivity contribution in [2.24, 2.45) is 0 Å². The predicted octanol–water partition coefficient (Wildman–Crippen LogP) is 3.66. The number of rotatable bonds is 3. The van der Waals surface area contributed by atoms with E-state index in [1.54, 1.807) is 4.90 Å². The van der Waals surface area contributed by atoms with E-state index < -0.39 is 5.54 Å². The first-order valence-corrected chi connectivity index (χ1v) is 10.1. The van der Waals surface area contributed by atoms with Crippen molar-refractivity contribution in [3.63, 3.8) is 0 Å². The van der Waals surface area contributed by atoms with Gasteiger partial charge in [0.1, 0.15) is 6.54 Å². The van der Waals surface area contributed by atoms with Gasteiger partial charge in [-0.25, -0.2) is 0 Å². The molecule has 1 atom stereocenters. The largest absolute Gasteiger partial charge is 0.305 e. The van der Waals surface area contributed by atoms with E-state index in [0.717, 1.165) is 22.6 Å². The standard InChI is InChI=1S/C24H26N2O3/c1-23(2)16-24(3,17-9-5-4-6-10-17)18-11-7-8-12-19(18)26(23)22(29)15-25-20(27)13-14-21(25)28/h4-12H,13-16H2,1-3H3/t24-/m0/s1. The van der Waals surface area contributed by atoms with Crippen LogP contribution in [0.15, 0.2) is 54.6 Å². The maximum atomic E-state index is 13.4. The van der Waals surface area contributed by atoms with Gasteiger partial charge < -0.3 is 4.90 Å². The number of imide groups is 1. The number of likely N-dealkylation sites (tertiary alicyclic amines) is 1. The summed E-state index contributed by atoms with van der Waals surface area (Å²) in [6.07, 6.45) is 1.12. The molecule has 4 rings (SSSR count). The van der Waals surface area contributed by atoms with Crippen molar-refractivity contribution in [2.45, 2.75) is 51.0 Å². The van der Waals surface area contributed by atoms with Gasteiger partial charge in [-0.2, -0.15) is 0 Å². The minimum Gasteiger partial charge on any atom is -0.305 e. The quantitative estimate of drug-likeness (QED) is 0.752. The van der Waals surface area contributed by atoms with Crippen LogP contribution in [0.2, 0.25) is 0 Å². The summed E-state index contributed by atoms with van der Waals surface area (Å²) in [5, 5.41) is 0. The second-order valence-corrected chi connectivity index (χ2v) is 8.81. The topological polar surface area (TPSA) is 57.7 Å². The number of carbonyl (C=O) groups excluding carboxylic acids is 3. The van der Waals surface area contributed by atoms with Gasteiger partial charge >= 0.3 is 0 Å². The molecule has 2 aromatic carbocycles. The SMILES string of the molecule is CC1(C)C[C@@](C)(c2ccccc2)c2ccccc2N1C(=O)CN1C(=O)CCC1=O. The van der Waals surface area contributed by atoms with Crippen LogP contribution in [-0.4, -0.2) is 34.7 Å². The van der Waals surface area contributed by atoms with Crippen molar-refractivity contribution in [1.82, 2.24) is 4.90 Å². The molecule has 2 aliphatic heterocycles. The van der Waals surface area contributed by atoms with Crippen LogP contribution in [0.3, 0.4) is 0 Å². The Kier molecular flexibility index (Phi) is 4.56. The molecule has 5 heteroatoms. The Morgan fingerprint density at radius 1 is 0.897 bits per heavy atom. The lowest BCUT2D eigenvalue weighted by atomic mass is 9.65. The summed E-state index contributed by atoms with van der Waals surface area (Å²) in [6, 6.07) is 18.3. The molecule has 5 nitrogen and oxygen atoms in total. The van der Waals surface area contributed by atoms with Crippen molar-refractivity contribution >= 4 is 23.4 Å². The third-order valence-corrected chi connectivity index (χ3v) is 6.24. The number of anilines is 1.